The molecule has 2 aromatic carbocycles. The number of aryl methyl sites for hydroxylation is 1. The van der Waals surface area contributed by atoms with E-state index in [0.29, 0.717) is 16.5 Å². The molecule has 0 spiro atoms. The maximum Gasteiger partial charge on any atom is 0.260 e. The summed E-state index contributed by atoms with van der Waals surface area (Å²) in [5.74, 6) is -0.0557. The Morgan fingerprint density at radius 3 is 2.54 bits per heavy atom. The van der Waals surface area contributed by atoms with E-state index >= 15 is 0 Å². The number of benzene rings is 2. The second-order valence-electron chi connectivity index (χ2n) is 5.41. The first-order valence-electron chi connectivity index (χ1n) is 7.43. The molecule has 0 fully saturated rings. The zero-order valence-corrected chi connectivity index (χ0v) is 14.3. The number of rotatable bonds is 6. The number of ether oxygens (including phenoxy) is 1. The Labute approximate surface area is 146 Å². The molecule has 0 radical (unpaired) electrons. The summed E-state index contributed by atoms with van der Waals surface area (Å²) in [6.45, 7) is 1.76. The van der Waals surface area contributed by atoms with Crippen molar-refractivity contribution in [2.45, 2.75) is 6.92 Å². The maximum absolute atomic E-state index is 12.0. The van der Waals surface area contributed by atoms with E-state index < -0.39 is 0 Å². The lowest BCUT2D eigenvalue weighted by Crippen LogP contribution is -2.37. The van der Waals surface area contributed by atoms with Gasteiger partial charge in [-0.2, -0.15) is 0 Å². The number of nitrogens with zero attached hydrogens (tertiary/aromatic N) is 1. The van der Waals surface area contributed by atoms with Crippen molar-refractivity contribution in [3.63, 3.8) is 0 Å². The second kappa shape index (κ2) is 8.36. The molecule has 2 rings (SSSR count). The first-order chi connectivity index (χ1) is 11.4. The third kappa shape index (κ3) is 5.59. The van der Waals surface area contributed by atoms with Crippen molar-refractivity contribution >= 4 is 29.1 Å². The van der Waals surface area contributed by atoms with Crippen molar-refractivity contribution in [3.05, 3.63) is 59.1 Å². The Bertz CT molecular complexity index is 716. The molecule has 0 saturated carbocycles. The summed E-state index contributed by atoms with van der Waals surface area (Å²) < 4.78 is 5.38. The van der Waals surface area contributed by atoms with Gasteiger partial charge in [0.1, 0.15) is 5.75 Å². The molecule has 0 bridgehead atoms. The highest BCUT2D eigenvalue weighted by molar-refractivity contribution is 6.30. The van der Waals surface area contributed by atoms with Gasteiger partial charge < -0.3 is 15.0 Å². The molecule has 0 aliphatic rings. The van der Waals surface area contributed by atoms with Crippen LogP contribution < -0.4 is 10.1 Å². The lowest BCUT2D eigenvalue weighted by Gasteiger charge is -2.17. The van der Waals surface area contributed by atoms with Gasteiger partial charge in [-0.25, -0.2) is 0 Å². The van der Waals surface area contributed by atoms with Gasteiger partial charge in [-0.1, -0.05) is 35.4 Å². The van der Waals surface area contributed by atoms with Crippen LogP contribution in [0.5, 0.6) is 5.75 Å². The zero-order valence-electron chi connectivity index (χ0n) is 13.6. The van der Waals surface area contributed by atoms with Crippen LogP contribution in [-0.2, 0) is 9.59 Å². The number of likely N-dealkylation sites (N-methyl/N-ethyl adjacent to an activating group) is 1. The van der Waals surface area contributed by atoms with E-state index in [1.807, 2.05) is 31.2 Å². The van der Waals surface area contributed by atoms with Gasteiger partial charge >= 0.3 is 0 Å². The van der Waals surface area contributed by atoms with Crippen LogP contribution in [0.25, 0.3) is 0 Å². The SMILES string of the molecule is Cc1ccc(NC(=O)CN(C)C(=O)COc2cccc(Cl)c2)cc1. The predicted octanol–water partition coefficient (Wildman–Crippen LogP) is 3.12. The summed E-state index contributed by atoms with van der Waals surface area (Å²) >= 11 is 5.85. The Morgan fingerprint density at radius 2 is 1.88 bits per heavy atom. The van der Waals surface area contributed by atoms with Gasteiger partial charge in [-0.05, 0) is 37.3 Å². The summed E-state index contributed by atoms with van der Waals surface area (Å²) in [5.41, 5.74) is 1.81. The van der Waals surface area contributed by atoms with Gasteiger partial charge in [0.05, 0.1) is 6.54 Å². The van der Waals surface area contributed by atoms with Crippen molar-refractivity contribution in [1.82, 2.24) is 4.90 Å². The lowest BCUT2D eigenvalue weighted by atomic mass is 10.2. The van der Waals surface area contributed by atoms with E-state index in [-0.39, 0.29) is 25.0 Å². The van der Waals surface area contributed by atoms with Crippen molar-refractivity contribution in [3.8, 4) is 5.75 Å². The molecule has 0 aromatic heterocycles. The Balaban J connectivity index is 1.80. The summed E-state index contributed by atoms with van der Waals surface area (Å²) in [6, 6.07) is 14.2. The molecule has 0 heterocycles. The number of amides is 2. The van der Waals surface area contributed by atoms with Gasteiger partial charge in [0, 0.05) is 17.8 Å². The number of halogens is 1. The highest BCUT2D eigenvalue weighted by Crippen LogP contribution is 2.17. The largest absolute Gasteiger partial charge is 0.484 e. The fourth-order valence-electron chi connectivity index (χ4n) is 1.95. The highest BCUT2D eigenvalue weighted by Gasteiger charge is 2.14. The minimum absolute atomic E-state index is 0.0500. The topological polar surface area (TPSA) is 58.6 Å². The van der Waals surface area contributed by atoms with Crippen molar-refractivity contribution < 1.29 is 14.3 Å². The fourth-order valence-corrected chi connectivity index (χ4v) is 2.13. The monoisotopic (exact) mass is 346 g/mol. The molecule has 0 saturated heterocycles. The smallest absolute Gasteiger partial charge is 0.260 e. The molecule has 126 valence electrons. The van der Waals surface area contributed by atoms with Crippen molar-refractivity contribution in [2.75, 3.05) is 25.5 Å². The predicted molar refractivity (Wildman–Crippen MR) is 94.4 cm³/mol. The quantitative estimate of drug-likeness (QED) is 0.874. The van der Waals surface area contributed by atoms with E-state index in [2.05, 4.69) is 5.32 Å². The molecule has 6 heteroatoms. The van der Waals surface area contributed by atoms with Crippen LogP contribution in [0, 0.1) is 6.92 Å². The van der Waals surface area contributed by atoms with Crippen molar-refractivity contribution in [1.29, 1.82) is 0 Å². The number of nitrogens with one attached hydrogen (secondary N) is 1. The maximum atomic E-state index is 12.0. The van der Waals surface area contributed by atoms with Crippen LogP contribution in [-0.4, -0.2) is 36.9 Å². The van der Waals surface area contributed by atoms with E-state index in [9.17, 15) is 9.59 Å². The van der Waals surface area contributed by atoms with Crippen LogP contribution >= 0.6 is 11.6 Å². The Kier molecular flexibility index (Phi) is 6.21. The molecule has 0 unspecified atom stereocenters. The first-order valence-corrected chi connectivity index (χ1v) is 7.80. The van der Waals surface area contributed by atoms with E-state index in [1.165, 1.54) is 4.90 Å². The van der Waals surface area contributed by atoms with Crippen molar-refractivity contribution in [2.24, 2.45) is 0 Å². The number of hydrogen-bond donors (Lipinski definition) is 1. The van der Waals surface area contributed by atoms with Gasteiger partial charge in [0.2, 0.25) is 5.91 Å². The molecule has 24 heavy (non-hydrogen) atoms. The summed E-state index contributed by atoms with van der Waals surface area (Å²) in [5, 5.41) is 3.28. The minimum Gasteiger partial charge on any atom is -0.484 e. The zero-order chi connectivity index (χ0) is 17.5. The molecule has 1 N–H and O–H groups in total. The molecular weight excluding hydrogens is 328 g/mol. The number of carbonyl (C=O) groups is 2. The number of carbonyl (C=O) groups excluding carboxylic acids is 2. The Morgan fingerprint density at radius 1 is 1.17 bits per heavy atom. The number of anilines is 1. The third-order valence-electron chi connectivity index (χ3n) is 3.30. The summed E-state index contributed by atoms with van der Waals surface area (Å²) in [6.07, 6.45) is 0. The van der Waals surface area contributed by atoms with Gasteiger partial charge in [-0.15, -0.1) is 0 Å². The summed E-state index contributed by atoms with van der Waals surface area (Å²) in [4.78, 5) is 25.3. The van der Waals surface area contributed by atoms with Gasteiger partial charge in [-0.3, -0.25) is 9.59 Å². The van der Waals surface area contributed by atoms with Crippen LogP contribution in [0.4, 0.5) is 5.69 Å². The first kappa shape index (κ1) is 17.8. The molecular formula is C18H19ClN2O3. The minimum atomic E-state index is -0.297. The highest BCUT2D eigenvalue weighted by atomic mass is 35.5. The third-order valence-corrected chi connectivity index (χ3v) is 3.54. The van der Waals surface area contributed by atoms with Crippen LogP contribution in [0.2, 0.25) is 5.02 Å². The molecule has 2 aromatic rings. The molecule has 5 nitrogen and oxygen atoms in total. The molecule has 0 atom stereocenters. The van der Waals surface area contributed by atoms with E-state index in [0.717, 1.165) is 5.56 Å². The second-order valence-corrected chi connectivity index (χ2v) is 5.85. The van der Waals surface area contributed by atoms with Gasteiger partial charge in [0.15, 0.2) is 6.61 Å². The van der Waals surface area contributed by atoms with Crippen LogP contribution in [0.15, 0.2) is 48.5 Å². The average molecular weight is 347 g/mol. The van der Waals surface area contributed by atoms with E-state index in [4.69, 9.17) is 16.3 Å². The molecule has 0 aliphatic carbocycles. The normalized spacial score (nSPS) is 10.1. The Hall–Kier alpha value is -2.53. The van der Waals surface area contributed by atoms with E-state index in [1.54, 1.807) is 31.3 Å². The summed E-state index contributed by atoms with van der Waals surface area (Å²) in [7, 11) is 1.55. The van der Waals surface area contributed by atoms with Crippen LogP contribution in [0.1, 0.15) is 5.56 Å². The average Bonchev–Trinajstić information content (AvgIpc) is 2.54. The lowest BCUT2D eigenvalue weighted by molar-refractivity contribution is -0.135. The van der Waals surface area contributed by atoms with Crippen LogP contribution in [0.3, 0.4) is 0 Å². The standard InChI is InChI=1S/C18H19ClN2O3/c1-13-6-8-15(9-7-13)20-17(22)11-21(2)18(23)12-24-16-5-3-4-14(19)10-16/h3-10H,11-12H2,1-2H3,(H,20,22). The molecule has 2 amide bonds. The number of hydrogen-bond acceptors (Lipinski definition) is 3. The molecule has 0 aliphatic heterocycles. The fraction of sp³-hybridized carbons (Fsp3) is 0.222. The van der Waals surface area contributed by atoms with Gasteiger partial charge in [0.25, 0.3) is 5.91 Å².